The number of fused-ring (bicyclic) bond motifs is 1. The molecule has 1 aliphatic rings. The standard InChI is InChI=1S/C16H13FN2O2/c1-9-2-4-12-13(6-9)16(21)19(15(12)20)14-5-3-11(17)7-10(14)8-18/h2-7H,8,18H2,1H3. The first kappa shape index (κ1) is 13.5. The number of anilines is 1. The summed E-state index contributed by atoms with van der Waals surface area (Å²) in [5, 5.41) is 0. The van der Waals surface area contributed by atoms with Gasteiger partial charge in [0.2, 0.25) is 0 Å². The number of imide groups is 1. The van der Waals surface area contributed by atoms with Crippen LogP contribution in [-0.2, 0) is 6.54 Å². The number of rotatable bonds is 2. The highest BCUT2D eigenvalue weighted by atomic mass is 19.1. The molecule has 5 heteroatoms. The predicted octanol–water partition coefficient (Wildman–Crippen LogP) is 2.39. The van der Waals surface area contributed by atoms with Crippen molar-refractivity contribution in [1.82, 2.24) is 0 Å². The van der Waals surface area contributed by atoms with Gasteiger partial charge in [0.1, 0.15) is 5.82 Å². The molecule has 0 bridgehead atoms. The van der Waals surface area contributed by atoms with Gasteiger partial charge in [-0.25, -0.2) is 9.29 Å². The molecule has 1 aliphatic heterocycles. The van der Waals surface area contributed by atoms with Crippen molar-refractivity contribution in [2.24, 2.45) is 5.73 Å². The Balaban J connectivity index is 2.14. The molecule has 106 valence electrons. The van der Waals surface area contributed by atoms with E-state index in [2.05, 4.69) is 0 Å². The highest BCUT2D eigenvalue weighted by Gasteiger charge is 2.37. The van der Waals surface area contributed by atoms with Crippen LogP contribution in [0.2, 0.25) is 0 Å². The molecule has 4 nitrogen and oxygen atoms in total. The van der Waals surface area contributed by atoms with Gasteiger partial charge in [0, 0.05) is 6.54 Å². The second-order valence-corrected chi connectivity index (χ2v) is 4.97. The van der Waals surface area contributed by atoms with E-state index >= 15 is 0 Å². The largest absolute Gasteiger partial charge is 0.326 e. The zero-order chi connectivity index (χ0) is 15.1. The molecule has 0 radical (unpaired) electrons. The number of halogens is 1. The third-order valence-corrected chi connectivity index (χ3v) is 3.54. The average Bonchev–Trinajstić information content (AvgIpc) is 2.71. The van der Waals surface area contributed by atoms with Crippen LogP contribution in [0, 0.1) is 12.7 Å². The number of benzene rings is 2. The van der Waals surface area contributed by atoms with E-state index < -0.39 is 17.6 Å². The van der Waals surface area contributed by atoms with Crippen molar-refractivity contribution < 1.29 is 14.0 Å². The van der Waals surface area contributed by atoms with Crippen molar-refractivity contribution in [3.8, 4) is 0 Å². The van der Waals surface area contributed by atoms with Gasteiger partial charge in [0.15, 0.2) is 0 Å². The number of aryl methyl sites for hydroxylation is 1. The van der Waals surface area contributed by atoms with Crippen molar-refractivity contribution in [2.75, 3.05) is 4.90 Å². The summed E-state index contributed by atoms with van der Waals surface area (Å²) in [5.41, 5.74) is 7.97. The van der Waals surface area contributed by atoms with Crippen LogP contribution in [0.4, 0.5) is 10.1 Å². The summed E-state index contributed by atoms with van der Waals surface area (Å²) >= 11 is 0. The summed E-state index contributed by atoms with van der Waals surface area (Å²) in [6.07, 6.45) is 0. The lowest BCUT2D eigenvalue weighted by Crippen LogP contribution is -2.30. The molecule has 2 aromatic rings. The smallest absolute Gasteiger partial charge is 0.266 e. The monoisotopic (exact) mass is 284 g/mol. The van der Waals surface area contributed by atoms with Crippen LogP contribution >= 0.6 is 0 Å². The van der Waals surface area contributed by atoms with Crippen LogP contribution < -0.4 is 10.6 Å². The van der Waals surface area contributed by atoms with Crippen LogP contribution in [0.25, 0.3) is 0 Å². The topological polar surface area (TPSA) is 63.4 Å². The first-order valence-electron chi connectivity index (χ1n) is 6.51. The number of carbonyl (C=O) groups is 2. The maximum Gasteiger partial charge on any atom is 0.266 e. The van der Waals surface area contributed by atoms with Gasteiger partial charge in [-0.3, -0.25) is 9.59 Å². The number of nitrogens with two attached hydrogens (primary N) is 1. The molecule has 21 heavy (non-hydrogen) atoms. The second-order valence-electron chi connectivity index (χ2n) is 4.97. The lowest BCUT2D eigenvalue weighted by Gasteiger charge is -2.17. The predicted molar refractivity (Wildman–Crippen MR) is 76.6 cm³/mol. The van der Waals surface area contributed by atoms with E-state index in [4.69, 9.17) is 5.73 Å². The van der Waals surface area contributed by atoms with E-state index in [0.717, 1.165) is 10.5 Å². The zero-order valence-electron chi connectivity index (χ0n) is 11.4. The number of nitrogens with zero attached hydrogens (tertiary/aromatic N) is 1. The Bertz CT molecular complexity index is 771. The van der Waals surface area contributed by atoms with Gasteiger partial charge in [-0.15, -0.1) is 0 Å². The molecule has 1 heterocycles. The summed E-state index contributed by atoms with van der Waals surface area (Å²) in [6.45, 7) is 1.89. The molecule has 0 fully saturated rings. The molecule has 3 rings (SSSR count). The average molecular weight is 284 g/mol. The fourth-order valence-electron chi connectivity index (χ4n) is 2.51. The van der Waals surface area contributed by atoms with E-state index in [1.54, 1.807) is 18.2 Å². The molecular weight excluding hydrogens is 271 g/mol. The first-order chi connectivity index (χ1) is 10.0. The minimum absolute atomic E-state index is 0.0412. The Kier molecular flexibility index (Phi) is 3.07. The van der Waals surface area contributed by atoms with E-state index in [9.17, 15) is 14.0 Å². The number of hydrogen-bond acceptors (Lipinski definition) is 3. The molecule has 0 saturated heterocycles. The molecule has 0 atom stereocenters. The van der Waals surface area contributed by atoms with Crippen LogP contribution in [0.15, 0.2) is 36.4 Å². The molecule has 0 unspecified atom stereocenters. The molecule has 2 aromatic carbocycles. The number of amides is 2. The van der Waals surface area contributed by atoms with Crippen LogP contribution in [0.5, 0.6) is 0 Å². The molecule has 2 N–H and O–H groups in total. The van der Waals surface area contributed by atoms with Gasteiger partial charge < -0.3 is 5.73 Å². The van der Waals surface area contributed by atoms with Gasteiger partial charge in [-0.2, -0.15) is 0 Å². The quantitative estimate of drug-likeness (QED) is 0.861. The lowest BCUT2D eigenvalue weighted by molar-refractivity contribution is 0.0926. The summed E-state index contributed by atoms with van der Waals surface area (Å²) in [4.78, 5) is 26.0. The van der Waals surface area contributed by atoms with Gasteiger partial charge in [-0.1, -0.05) is 11.6 Å². The van der Waals surface area contributed by atoms with Crippen molar-refractivity contribution in [3.63, 3.8) is 0 Å². The first-order valence-corrected chi connectivity index (χ1v) is 6.51. The molecule has 0 aromatic heterocycles. The summed E-state index contributed by atoms with van der Waals surface area (Å²) in [6, 6.07) is 8.96. The maximum absolute atomic E-state index is 13.3. The summed E-state index contributed by atoms with van der Waals surface area (Å²) in [7, 11) is 0. The summed E-state index contributed by atoms with van der Waals surface area (Å²) < 4.78 is 13.3. The minimum atomic E-state index is -0.452. The Morgan fingerprint density at radius 2 is 1.76 bits per heavy atom. The molecular formula is C16H13FN2O2. The van der Waals surface area contributed by atoms with Gasteiger partial charge in [0.25, 0.3) is 11.8 Å². The highest BCUT2D eigenvalue weighted by Crippen LogP contribution is 2.31. The van der Waals surface area contributed by atoms with Crippen molar-refractivity contribution in [3.05, 3.63) is 64.5 Å². The second kappa shape index (κ2) is 4.79. The van der Waals surface area contributed by atoms with E-state index in [1.807, 2.05) is 6.92 Å². The van der Waals surface area contributed by atoms with E-state index in [1.165, 1.54) is 18.2 Å². The Labute approximate surface area is 121 Å². The van der Waals surface area contributed by atoms with Gasteiger partial charge in [-0.05, 0) is 42.8 Å². The fraction of sp³-hybridized carbons (Fsp3) is 0.125. The molecule has 2 amide bonds. The third kappa shape index (κ3) is 2.02. The van der Waals surface area contributed by atoms with Crippen molar-refractivity contribution >= 4 is 17.5 Å². The number of carbonyl (C=O) groups excluding carboxylic acids is 2. The van der Waals surface area contributed by atoms with Crippen molar-refractivity contribution in [1.29, 1.82) is 0 Å². The lowest BCUT2D eigenvalue weighted by atomic mass is 10.1. The Hall–Kier alpha value is -2.53. The molecule has 0 aliphatic carbocycles. The van der Waals surface area contributed by atoms with Crippen LogP contribution in [0.3, 0.4) is 0 Å². The van der Waals surface area contributed by atoms with Crippen molar-refractivity contribution in [2.45, 2.75) is 13.5 Å². The minimum Gasteiger partial charge on any atom is -0.326 e. The summed E-state index contributed by atoms with van der Waals surface area (Å²) in [5.74, 6) is -1.26. The van der Waals surface area contributed by atoms with E-state index in [-0.39, 0.29) is 6.54 Å². The maximum atomic E-state index is 13.3. The Morgan fingerprint density at radius 3 is 2.48 bits per heavy atom. The van der Waals surface area contributed by atoms with Crippen LogP contribution in [-0.4, -0.2) is 11.8 Å². The van der Waals surface area contributed by atoms with Gasteiger partial charge in [0.05, 0.1) is 16.8 Å². The van der Waals surface area contributed by atoms with Crippen LogP contribution in [0.1, 0.15) is 31.8 Å². The Morgan fingerprint density at radius 1 is 1.05 bits per heavy atom. The SMILES string of the molecule is Cc1ccc2c(c1)C(=O)N(c1ccc(F)cc1CN)C2=O. The zero-order valence-corrected chi connectivity index (χ0v) is 11.4. The molecule has 0 spiro atoms. The third-order valence-electron chi connectivity index (χ3n) is 3.54. The van der Waals surface area contributed by atoms with Gasteiger partial charge >= 0.3 is 0 Å². The highest BCUT2D eigenvalue weighted by molar-refractivity contribution is 6.34. The fourth-order valence-corrected chi connectivity index (χ4v) is 2.51. The number of hydrogen-bond donors (Lipinski definition) is 1. The van der Waals surface area contributed by atoms with E-state index in [0.29, 0.717) is 22.4 Å². The normalized spacial score (nSPS) is 13.8. The molecule has 0 saturated carbocycles.